The molecular formula is C19H28. The smallest absolute Gasteiger partial charge is 0.0128 e. The Morgan fingerprint density at radius 1 is 1.00 bits per heavy atom. The first-order valence-corrected chi connectivity index (χ1v) is 8.18. The monoisotopic (exact) mass is 256 g/mol. The van der Waals surface area contributed by atoms with Gasteiger partial charge in [-0.2, -0.15) is 0 Å². The molecule has 1 saturated carbocycles. The molecule has 19 heavy (non-hydrogen) atoms. The summed E-state index contributed by atoms with van der Waals surface area (Å²) in [5, 5.41) is 0. The molecule has 4 atom stereocenters. The second-order valence-corrected chi connectivity index (χ2v) is 7.37. The van der Waals surface area contributed by atoms with Crippen LogP contribution in [-0.2, 0) is 0 Å². The van der Waals surface area contributed by atoms with Gasteiger partial charge in [-0.1, -0.05) is 44.5 Å². The third-order valence-electron chi connectivity index (χ3n) is 5.84. The van der Waals surface area contributed by atoms with Gasteiger partial charge in [0, 0.05) is 0 Å². The van der Waals surface area contributed by atoms with Crippen LogP contribution < -0.4 is 0 Å². The van der Waals surface area contributed by atoms with E-state index in [-0.39, 0.29) is 0 Å². The molecule has 104 valence electrons. The van der Waals surface area contributed by atoms with Gasteiger partial charge in [0.25, 0.3) is 0 Å². The Balaban J connectivity index is 2.02. The Bertz CT molecular complexity index is 457. The van der Waals surface area contributed by atoms with Gasteiger partial charge in [0.15, 0.2) is 0 Å². The highest BCUT2D eigenvalue weighted by Gasteiger charge is 2.40. The molecule has 0 heteroatoms. The quantitative estimate of drug-likeness (QED) is 0.608. The maximum absolute atomic E-state index is 2.50. The van der Waals surface area contributed by atoms with E-state index in [9.17, 15) is 0 Å². The first-order chi connectivity index (χ1) is 9.08. The van der Waals surface area contributed by atoms with Crippen molar-refractivity contribution in [3.8, 4) is 0 Å². The zero-order valence-corrected chi connectivity index (χ0v) is 12.9. The van der Waals surface area contributed by atoms with E-state index < -0.39 is 0 Å². The average Bonchev–Trinajstić information content (AvgIpc) is 2.74. The van der Waals surface area contributed by atoms with Crippen LogP contribution in [0.2, 0.25) is 0 Å². The third kappa shape index (κ3) is 2.24. The lowest BCUT2D eigenvalue weighted by atomic mass is 9.78. The minimum atomic E-state index is 0.758. The van der Waals surface area contributed by atoms with Gasteiger partial charge in [-0.15, -0.1) is 0 Å². The molecule has 0 spiro atoms. The maximum atomic E-state index is 2.50. The first kappa shape index (κ1) is 13.2. The number of hydrogen-bond donors (Lipinski definition) is 0. The van der Waals surface area contributed by atoms with Crippen molar-refractivity contribution in [3.05, 3.63) is 34.9 Å². The molecule has 3 rings (SSSR count). The minimum absolute atomic E-state index is 0.758. The third-order valence-corrected chi connectivity index (χ3v) is 5.84. The van der Waals surface area contributed by atoms with Crippen LogP contribution in [0.5, 0.6) is 0 Å². The predicted molar refractivity (Wildman–Crippen MR) is 82.6 cm³/mol. The SMILES string of the molecule is Cc1ccc2c(c1)[C@H]1CC[C@H](C(C)C)[C@@H]1CC[C@H]2C. The Morgan fingerprint density at radius 2 is 1.79 bits per heavy atom. The van der Waals surface area contributed by atoms with E-state index >= 15 is 0 Å². The largest absolute Gasteiger partial charge is 0.0625 e. The number of hydrogen-bond acceptors (Lipinski definition) is 0. The second-order valence-electron chi connectivity index (χ2n) is 7.37. The summed E-state index contributed by atoms with van der Waals surface area (Å²) in [6.45, 7) is 9.54. The fourth-order valence-electron chi connectivity index (χ4n) is 4.79. The summed E-state index contributed by atoms with van der Waals surface area (Å²) in [7, 11) is 0. The Morgan fingerprint density at radius 3 is 2.53 bits per heavy atom. The van der Waals surface area contributed by atoms with Crippen LogP contribution in [0.4, 0.5) is 0 Å². The van der Waals surface area contributed by atoms with Crippen molar-refractivity contribution < 1.29 is 0 Å². The van der Waals surface area contributed by atoms with Crippen molar-refractivity contribution in [2.24, 2.45) is 17.8 Å². The van der Waals surface area contributed by atoms with Crippen LogP contribution in [0.25, 0.3) is 0 Å². The van der Waals surface area contributed by atoms with Gasteiger partial charge >= 0.3 is 0 Å². The predicted octanol–water partition coefficient (Wildman–Crippen LogP) is 5.66. The highest BCUT2D eigenvalue weighted by molar-refractivity contribution is 5.38. The molecule has 0 N–H and O–H groups in total. The van der Waals surface area contributed by atoms with Crippen LogP contribution in [0, 0.1) is 24.7 Å². The van der Waals surface area contributed by atoms with Gasteiger partial charge in [0.05, 0.1) is 0 Å². The van der Waals surface area contributed by atoms with Crippen LogP contribution in [0.1, 0.15) is 75.0 Å². The number of aryl methyl sites for hydroxylation is 1. The molecule has 0 aliphatic heterocycles. The van der Waals surface area contributed by atoms with E-state index in [2.05, 4.69) is 45.9 Å². The molecule has 1 aromatic rings. The fraction of sp³-hybridized carbons (Fsp3) is 0.684. The molecule has 1 fully saturated rings. The average molecular weight is 256 g/mol. The van der Waals surface area contributed by atoms with Crippen molar-refractivity contribution in [1.82, 2.24) is 0 Å². The lowest BCUT2D eigenvalue weighted by molar-refractivity contribution is 0.263. The lowest BCUT2D eigenvalue weighted by Gasteiger charge is -2.26. The van der Waals surface area contributed by atoms with E-state index in [1.165, 1.54) is 31.2 Å². The summed E-state index contributed by atoms with van der Waals surface area (Å²) in [5.74, 6) is 4.38. The van der Waals surface area contributed by atoms with Gasteiger partial charge in [0.1, 0.15) is 0 Å². The summed E-state index contributed by atoms with van der Waals surface area (Å²) >= 11 is 0. The van der Waals surface area contributed by atoms with Gasteiger partial charge in [-0.3, -0.25) is 0 Å². The molecule has 0 unspecified atom stereocenters. The maximum Gasteiger partial charge on any atom is -0.0128 e. The van der Waals surface area contributed by atoms with Crippen LogP contribution in [-0.4, -0.2) is 0 Å². The molecular weight excluding hydrogens is 228 g/mol. The van der Waals surface area contributed by atoms with Crippen molar-refractivity contribution in [3.63, 3.8) is 0 Å². The van der Waals surface area contributed by atoms with E-state index in [1.54, 1.807) is 11.1 Å². The zero-order valence-electron chi connectivity index (χ0n) is 12.9. The van der Waals surface area contributed by atoms with Gasteiger partial charge in [0.2, 0.25) is 0 Å². The van der Waals surface area contributed by atoms with Crippen LogP contribution in [0.3, 0.4) is 0 Å². The highest BCUT2D eigenvalue weighted by Crippen LogP contribution is 2.53. The van der Waals surface area contributed by atoms with Crippen molar-refractivity contribution in [2.75, 3.05) is 0 Å². The van der Waals surface area contributed by atoms with Crippen molar-refractivity contribution >= 4 is 0 Å². The molecule has 2 aliphatic rings. The number of fused-ring (bicyclic) bond motifs is 3. The van der Waals surface area contributed by atoms with E-state index in [1.807, 2.05) is 0 Å². The van der Waals surface area contributed by atoms with E-state index in [4.69, 9.17) is 0 Å². The summed E-state index contributed by atoms with van der Waals surface area (Å²) in [5.41, 5.74) is 4.81. The van der Waals surface area contributed by atoms with Gasteiger partial charge in [-0.05, 0) is 73.3 Å². The fourth-order valence-corrected chi connectivity index (χ4v) is 4.79. The molecule has 0 nitrogen and oxygen atoms in total. The summed E-state index contributed by atoms with van der Waals surface area (Å²) in [6.07, 6.45) is 5.72. The zero-order chi connectivity index (χ0) is 13.6. The molecule has 0 aromatic heterocycles. The highest BCUT2D eigenvalue weighted by atomic mass is 14.5. The Hall–Kier alpha value is -0.780. The summed E-state index contributed by atoms with van der Waals surface area (Å²) in [4.78, 5) is 0. The van der Waals surface area contributed by atoms with Gasteiger partial charge in [-0.25, -0.2) is 0 Å². The molecule has 0 bridgehead atoms. The van der Waals surface area contributed by atoms with Crippen LogP contribution in [0.15, 0.2) is 18.2 Å². The summed E-state index contributed by atoms with van der Waals surface area (Å²) < 4.78 is 0. The van der Waals surface area contributed by atoms with Crippen molar-refractivity contribution in [1.29, 1.82) is 0 Å². The first-order valence-electron chi connectivity index (χ1n) is 8.18. The molecule has 0 heterocycles. The molecule has 2 aliphatic carbocycles. The van der Waals surface area contributed by atoms with Gasteiger partial charge < -0.3 is 0 Å². The van der Waals surface area contributed by atoms with Crippen molar-refractivity contribution in [2.45, 2.75) is 65.2 Å². The molecule has 0 radical (unpaired) electrons. The van der Waals surface area contributed by atoms with E-state index in [0.717, 1.165) is 29.6 Å². The molecule has 1 aromatic carbocycles. The number of benzene rings is 1. The van der Waals surface area contributed by atoms with E-state index in [0.29, 0.717) is 0 Å². The second kappa shape index (κ2) is 4.96. The number of rotatable bonds is 1. The Kier molecular flexibility index (Phi) is 3.45. The molecule has 0 amide bonds. The topological polar surface area (TPSA) is 0 Å². The molecule has 0 saturated heterocycles. The summed E-state index contributed by atoms with van der Waals surface area (Å²) in [6, 6.07) is 7.22. The normalized spacial score (nSPS) is 33.9. The minimum Gasteiger partial charge on any atom is -0.0625 e. The lowest BCUT2D eigenvalue weighted by Crippen LogP contribution is -2.17. The Labute approximate surface area is 118 Å². The van der Waals surface area contributed by atoms with Crippen LogP contribution >= 0.6 is 0 Å². The standard InChI is InChI=1S/C19H28/c1-12(2)15-9-10-18-17(15)8-6-14(4)16-7-5-13(3)11-19(16)18/h5,7,11-12,14-15,17-18H,6,8-10H2,1-4H3/t14-,15-,17+,18+/m1/s1.